The summed E-state index contributed by atoms with van der Waals surface area (Å²) >= 11 is 0. The number of aliphatic hydroxyl groups excluding tert-OH is 1. The molecule has 0 atom stereocenters. The van der Waals surface area contributed by atoms with Gasteiger partial charge in [-0.2, -0.15) is 8.42 Å². The molecule has 1 aromatic heterocycles. The summed E-state index contributed by atoms with van der Waals surface area (Å²) in [5.74, 6) is 0. The highest BCUT2D eigenvalue weighted by Crippen LogP contribution is 2.08. The first kappa shape index (κ1) is 18.3. The van der Waals surface area contributed by atoms with Crippen LogP contribution in [0.25, 0.3) is 0 Å². The minimum absolute atomic E-state index is 0.0666. The van der Waals surface area contributed by atoms with Crippen molar-refractivity contribution in [2.45, 2.75) is 31.6 Å². The molecule has 2 N–H and O–H groups in total. The number of aromatic nitrogens is 1. The van der Waals surface area contributed by atoms with E-state index in [0.29, 0.717) is 6.42 Å². The van der Waals surface area contributed by atoms with Gasteiger partial charge < -0.3 is 5.11 Å². The monoisotopic (exact) mass is 323 g/mol. The number of hydrogen-bond donors (Lipinski definition) is 2. The Kier molecular flexibility index (Phi) is 7.17. The number of aryl methyl sites for hydroxylation is 2. The molecule has 2 aromatic rings. The summed E-state index contributed by atoms with van der Waals surface area (Å²) in [7, 11) is -4.02. The molecule has 0 amide bonds. The molecule has 0 saturated carbocycles. The van der Waals surface area contributed by atoms with Gasteiger partial charge in [-0.3, -0.25) is 9.54 Å². The third-order valence-corrected chi connectivity index (χ3v) is 3.85. The first-order valence-electron chi connectivity index (χ1n) is 6.95. The van der Waals surface area contributed by atoms with Gasteiger partial charge in [0.15, 0.2) is 0 Å². The molecule has 0 aliphatic rings. The summed E-state index contributed by atoms with van der Waals surface area (Å²) < 4.78 is 29.6. The van der Waals surface area contributed by atoms with Crippen molar-refractivity contribution in [1.29, 1.82) is 0 Å². The van der Waals surface area contributed by atoms with E-state index >= 15 is 0 Å². The molecule has 0 aliphatic carbocycles. The largest absolute Gasteiger partial charge is 0.396 e. The Labute approximate surface area is 131 Å². The molecule has 1 heterocycles. The molecule has 22 heavy (non-hydrogen) atoms. The lowest BCUT2D eigenvalue weighted by atomic mass is 10.2. The fourth-order valence-electron chi connectivity index (χ4n) is 1.64. The second kappa shape index (κ2) is 8.63. The molecule has 6 heteroatoms. The van der Waals surface area contributed by atoms with E-state index < -0.39 is 10.1 Å². The molecular weight excluding hydrogens is 302 g/mol. The maximum absolute atomic E-state index is 10.5. The lowest BCUT2D eigenvalue weighted by molar-refractivity contribution is 0.298. The van der Waals surface area contributed by atoms with E-state index in [9.17, 15) is 8.42 Å². The Morgan fingerprint density at radius 1 is 1.09 bits per heavy atom. The van der Waals surface area contributed by atoms with Gasteiger partial charge in [0, 0.05) is 24.9 Å². The van der Waals surface area contributed by atoms with Crippen LogP contribution in [0.3, 0.4) is 0 Å². The minimum atomic E-state index is -4.02. The van der Waals surface area contributed by atoms with Crippen LogP contribution in [0.5, 0.6) is 0 Å². The highest BCUT2D eigenvalue weighted by molar-refractivity contribution is 7.85. The Bertz CT molecular complexity index is 664. The molecule has 0 spiro atoms. The van der Waals surface area contributed by atoms with Crippen LogP contribution in [-0.4, -0.2) is 29.7 Å². The van der Waals surface area contributed by atoms with Crippen LogP contribution in [0.1, 0.15) is 23.7 Å². The van der Waals surface area contributed by atoms with Crippen molar-refractivity contribution in [3.63, 3.8) is 0 Å². The second-order valence-electron chi connectivity index (χ2n) is 4.77. The number of hydrogen-bond acceptors (Lipinski definition) is 4. The molecule has 2 rings (SSSR count). The van der Waals surface area contributed by atoms with Gasteiger partial charge in [-0.1, -0.05) is 30.7 Å². The highest BCUT2D eigenvalue weighted by atomic mass is 32.2. The van der Waals surface area contributed by atoms with E-state index in [4.69, 9.17) is 9.66 Å². The van der Waals surface area contributed by atoms with Gasteiger partial charge in [0.1, 0.15) is 0 Å². The van der Waals surface area contributed by atoms with E-state index in [-0.39, 0.29) is 11.5 Å². The van der Waals surface area contributed by atoms with Gasteiger partial charge in [-0.15, -0.1) is 0 Å². The topological polar surface area (TPSA) is 87.5 Å². The second-order valence-corrected chi connectivity index (χ2v) is 6.19. The van der Waals surface area contributed by atoms with E-state index in [1.165, 1.54) is 17.7 Å². The van der Waals surface area contributed by atoms with Gasteiger partial charge in [0.2, 0.25) is 0 Å². The van der Waals surface area contributed by atoms with Crippen LogP contribution in [0.2, 0.25) is 0 Å². The summed E-state index contributed by atoms with van der Waals surface area (Å²) in [5, 5.41) is 8.61. The number of rotatable bonds is 4. The minimum Gasteiger partial charge on any atom is -0.396 e. The maximum atomic E-state index is 10.5. The zero-order chi connectivity index (χ0) is 16.6. The normalized spacial score (nSPS) is 10.7. The quantitative estimate of drug-likeness (QED) is 0.844. The molecule has 120 valence electrons. The van der Waals surface area contributed by atoms with Crippen LogP contribution < -0.4 is 0 Å². The molecule has 0 fully saturated rings. The third kappa shape index (κ3) is 6.34. The van der Waals surface area contributed by atoms with Crippen LogP contribution >= 0.6 is 0 Å². The molecule has 0 saturated heterocycles. The van der Waals surface area contributed by atoms with Crippen LogP contribution in [-0.2, 0) is 23.0 Å². The molecule has 1 aromatic carbocycles. The average molecular weight is 323 g/mol. The number of benzene rings is 1. The van der Waals surface area contributed by atoms with Crippen LogP contribution in [0, 0.1) is 6.92 Å². The summed E-state index contributed by atoms with van der Waals surface area (Å²) in [4.78, 5) is 4.11. The summed E-state index contributed by atoms with van der Waals surface area (Å²) in [6.45, 7) is 4.12. The van der Waals surface area contributed by atoms with E-state index in [1.54, 1.807) is 12.1 Å². The third-order valence-electron chi connectivity index (χ3n) is 2.98. The maximum Gasteiger partial charge on any atom is 0.294 e. The van der Waals surface area contributed by atoms with Gasteiger partial charge in [0.05, 0.1) is 4.90 Å². The molecule has 0 radical (unpaired) electrons. The predicted molar refractivity (Wildman–Crippen MR) is 85.4 cm³/mol. The van der Waals surface area contributed by atoms with Crippen LogP contribution in [0.4, 0.5) is 0 Å². The fraction of sp³-hybridized carbons (Fsp3) is 0.312. The van der Waals surface area contributed by atoms with Crippen molar-refractivity contribution in [1.82, 2.24) is 4.98 Å². The average Bonchev–Trinajstić information content (AvgIpc) is 2.48. The van der Waals surface area contributed by atoms with Gasteiger partial charge in [-0.25, -0.2) is 0 Å². The predicted octanol–water partition coefficient (Wildman–Crippen LogP) is 2.42. The highest BCUT2D eigenvalue weighted by Gasteiger charge is 2.06. The summed E-state index contributed by atoms with van der Waals surface area (Å²) in [6.07, 6.45) is 3.54. The van der Waals surface area contributed by atoms with Gasteiger partial charge in [0.25, 0.3) is 10.1 Å². The Morgan fingerprint density at radius 2 is 1.73 bits per heavy atom. The lowest BCUT2D eigenvalue weighted by Gasteiger charge is -1.98. The zero-order valence-corrected chi connectivity index (χ0v) is 13.5. The Balaban J connectivity index is 0.000000220. The van der Waals surface area contributed by atoms with Crippen molar-refractivity contribution in [2.24, 2.45) is 0 Å². The Morgan fingerprint density at radius 3 is 2.14 bits per heavy atom. The summed E-state index contributed by atoms with van der Waals surface area (Å²) in [6, 6.07) is 10.0. The van der Waals surface area contributed by atoms with E-state index in [2.05, 4.69) is 18.0 Å². The summed E-state index contributed by atoms with van der Waals surface area (Å²) in [5.41, 5.74) is 3.16. The first-order valence-corrected chi connectivity index (χ1v) is 8.39. The molecule has 0 aliphatic heterocycles. The smallest absolute Gasteiger partial charge is 0.294 e. The zero-order valence-electron chi connectivity index (χ0n) is 12.7. The van der Waals surface area contributed by atoms with Crippen molar-refractivity contribution in [3.8, 4) is 0 Å². The fourth-order valence-corrected chi connectivity index (χ4v) is 2.12. The van der Waals surface area contributed by atoms with Gasteiger partial charge >= 0.3 is 0 Å². The number of nitrogens with zero attached hydrogens (tertiary/aromatic N) is 1. The van der Waals surface area contributed by atoms with Crippen molar-refractivity contribution >= 4 is 10.1 Å². The van der Waals surface area contributed by atoms with Crippen molar-refractivity contribution < 1.29 is 18.1 Å². The van der Waals surface area contributed by atoms with Crippen molar-refractivity contribution in [3.05, 3.63) is 59.4 Å². The Hall–Kier alpha value is -1.76. The number of aliphatic hydroxyl groups is 1. The molecule has 5 nitrogen and oxygen atoms in total. The van der Waals surface area contributed by atoms with Crippen molar-refractivity contribution in [2.75, 3.05) is 6.61 Å². The lowest BCUT2D eigenvalue weighted by Crippen LogP contribution is -1.96. The standard InChI is InChI=1S/C9H13NO.C7H8O3S/c1-2-8-3-4-9(5-6-11)10-7-8;1-6-2-4-7(5-3-6)11(8,9)10/h3-4,7,11H,2,5-6H2,1H3;2-5H,1H3,(H,8,9,10). The van der Waals surface area contributed by atoms with E-state index in [1.807, 2.05) is 19.2 Å². The molecular formula is C16H21NO4S. The molecule has 0 unspecified atom stereocenters. The first-order chi connectivity index (χ1) is 10.4. The SMILES string of the molecule is CCc1ccc(CCO)nc1.Cc1ccc(S(=O)(=O)O)cc1. The van der Waals surface area contributed by atoms with Gasteiger partial charge in [-0.05, 0) is 37.1 Å². The number of pyridine rings is 1. The van der Waals surface area contributed by atoms with E-state index in [0.717, 1.165) is 17.7 Å². The van der Waals surface area contributed by atoms with Crippen LogP contribution in [0.15, 0.2) is 47.5 Å². The molecule has 0 bridgehead atoms.